The highest BCUT2D eigenvalue weighted by molar-refractivity contribution is 14.1. The molecule has 1 N–H and O–H groups in total. The van der Waals surface area contributed by atoms with E-state index >= 15 is 0 Å². The molecule has 1 nitrogen and oxygen atoms in total. The van der Waals surface area contributed by atoms with Crippen molar-refractivity contribution >= 4 is 28.3 Å². The third kappa shape index (κ3) is 3.96. The number of rotatable bonds is 5. The monoisotopic (exact) mass is 365 g/mol. The van der Waals surface area contributed by atoms with Gasteiger partial charge in [-0.15, -0.1) is 0 Å². The van der Waals surface area contributed by atoms with Gasteiger partial charge < -0.3 is 5.32 Å². The molecule has 19 heavy (non-hydrogen) atoms. The van der Waals surface area contributed by atoms with Crippen molar-refractivity contribution in [3.05, 3.63) is 63.2 Å². The van der Waals surface area contributed by atoms with Gasteiger partial charge in [0.15, 0.2) is 0 Å². The molecule has 1 unspecified atom stereocenters. The molecular formula is C17H20IN. The molecular weight excluding hydrogens is 345 g/mol. The summed E-state index contributed by atoms with van der Waals surface area (Å²) >= 11 is 2.37. The van der Waals surface area contributed by atoms with Crippen LogP contribution in [0.3, 0.4) is 0 Å². The van der Waals surface area contributed by atoms with Crippen LogP contribution in [0, 0.1) is 3.57 Å². The zero-order chi connectivity index (χ0) is 13.7. The quantitative estimate of drug-likeness (QED) is 0.698. The Bertz CT molecular complexity index is 519. The Morgan fingerprint density at radius 1 is 1.05 bits per heavy atom. The summed E-state index contributed by atoms with van der Waals surface area (Å²) in [5.41, 5.74) is 3.96. The van der Waals surface area contributed by atoms with Crippen LogP contribution in [0.5, 0.6) is 0 Å². The largest absolute Gasteiger partial charge is 0.378 e. The molecule has 0 aliphatic heterocycles. The van der Waals surface area contributed by atoms with Gasteiger partial charge in [-0.05, 0) is 59.2 Å². The summed E-state index contributed by atoms with van der Waals surface area (Å²) in [6, 6.07) is 17.7. The molecule has 0 aromatic heterocycles. The second-order valence-corrected chi connectivity index (χ2v) is 6.00. The minimum absolute atomic E-state index is 0.326. The average Bonchev–Trinajstić information content (AvgIpc) is 2.42. The van der Waals surface area contributed by atoms with Gasteiger partial charge in [0.1, 0.15) is 0 Å². The Hall–Kier alpha value is -1.03. The first kappa shape index (κ1) is 14.4. The minimum Gasteiger partial charge on any atom is -0.378 e. The van der Waals surface area contributed by atoms with E-state index in [9.17, 15) is 0 Å². The molecule has 100 valence electrons. The van der Waals surface area contributed by atoms with E-state index in [4.69, 9.17) is 0 Å². The first-order valence-electron chi connectivity index (χ1n) is 6.80. The number of halogens is 1. The average molecular weight is 365 g/mol. The van der Waals surface area contributed by atoms with Crippen molar-refractivity contribution in [2.45, 2.75) is 32.7 Å². The number of aryl methyl sites for hydroxylation is 1. The van der Waals surface area contributed by atoms with E-state index in [1.54, 1.807) is 0 Å². The predicted molar refractivity (Wildman–Crippen MR) is 91.6 cm³/mol. The second-order valence-electron chi connectivity index (χ2n) is 4.84. The molecule has 2 aromatic carbocycles. The summed E-state index contributed by atoms with van der Waals surface area (Å²) in [4.78, 5) is 0. The van der Waals surface area contributed by atoms with Crippen molar-refractivity contribution in [3.8, 4) is 0 Å². The molecule has 0 amide bonds. The normalized spacial score (nSPS) is 12.2. The van der Waals surface area contributed by atoms with E-state index in [1.807, 2.05) is 0 Å². The van der Waals surface area contributed by atoms with E-state index in [2.05, 4.69) is 90.3 Å². The maximum absolute atomic E-state index is 3.57. The molecule has 0 aliphatic carbocycles. The third-order valence-electron chi connectivity index (χ3n) is 3.26. The fourth-order valence-electron chi connectivity index (χ4n) is 2.16. The van der Waals surface area contributed by atoms with Crippen LogP contribution >= 0.6 is 22.6 Å². The smallest absolute Gasteiger partial charge is 0.0486 e. The zero-order valence-corrected chi connectivity index (χ0v) is 13.6. The van der Waals surface area contributed by atoms with Crippen LogP contribution in [-0.4, -0.2) is 0 Å². The Morgan fingerprint density at radius 3 is 2.37 bits per heavy atom. The Labute approximate surface area is 129 Å². The van der Waals surface area contributed by atoms with Crippen LogP contribution in [0.4, 0.5) is 5.69 Å². The van der Waals surface area contributed by atoms with Crippen LogP contribution in [0.25, 0.3) is 0 Å². The minimum atomic E-state index is 0.326. The highest BCUT2D eigenvalue weighted by atomic mass is 127. The van der Waals surface area contributed by atoms with Crippen molar-refractivity contribution in [3.63, 3.8) is 0 Å². The van der Waals surface area contributed by atoms with Gasteiger partial charge in [-0.1, -0.05) is 49.7 Å². The van der Waals surface area contributed by atoms with E-state index in [0.29, 0.717) is 6.04 Å². The standard InChI is InChI=1S/C17H20IN/c1-3-6-14-9-11-15(12-10-14)13(2)19-17-8-5-4-7-16(17)18/h4-5,7-13,19H,3,6H2,1-2H3. The van der Waals surface area contributed by atoms with E-state index in [-0.39, 0.29) is 0 Å². The van der Waals surface area contributed by atoms with Crippen LogP contribution in [0.2, 0.25) is 0 Å². The summed E-state index contributed by atoms with van der Waals surface area (Å²) in [6.45, 7) is 4.42. The van der Waals surface area contributed by atoms with Crippen molar-refractivity contribution < 1.29 is 0 Å². The second kappa shape index (κ2) is 6.94. The van der Waals surface area contributed by atoms with Gasteiger partial charge in [0.05, 0.1) is 0 Å². The van der Waals surface area contributed by atoms with Crippen molar-refractivity contribution in [1.82, 2.24) is 0 Å². The SMILES string of the molecule is CCCc1ccc(C(C)Nc2ccccc2I)cc1. The molecule has 0 aliphatic rings. The zero-order valence-electron chi connectivity index (χ0n) is 11.5. The van der Waals surface area contributed by atoms with Crippen LogP contribution in [-0.2, 0) is 6.42 Å². The highest BCUT2D eigenvalue weighted by Gasteiger charge is 2.06. The van der Waals surface area contributed by atoms with Gasteiger partial charge >= 0.3 is 0 Å². The summed E-state index contributed by atoms with van der Waals surface area (Å²) in [5, 5.41) is 3.57. The van der Waals surface area contributed by atoms with Crippen LogP contribution in [0.15, 0.2) is 48.5 Å². The van der Waals surface area contributed by atoms with Crippen LogP contribution < -0.4 is 5.32 Å². The maximum Gasteiger partial charge on any atom is 0.0486 e. The van der Waals surface area contributed by atoms with Gasteiger partial charge in [0.25, 0.3) is 0 Å². The molecule has 0 fully saturated rings. The lowest BCUT2D eigenvalue weighted by Crippen LogP contribution is -2.07. The predicted octanol–water partition coefficient (Wildman–Crippen LogP) is 5.42. The lowest BCUT2D eigenvalue weighted by Gasteiger charge is -2.17. The number of nitrogens with one attached hydrogen (secondary N) is 1. The summed E-state index contributed by atoms with van der Waals surface area (Å²) in [6.07, 6.45) is 2.37. The summed E-state index contributed by atoms with van der Waals surface area (Å²) in [7, 11) is 0. The molecule has 2 heteroatoms. The van der Waals surface area contributed by atoms with Crippen LogP contribution in [0.1, 0.15) is 37.4 Å². The van der Waals surface area contributed by atoms with Gasteiger partial charge in [-0.25, -0.2) is 0 Å². The van der Waals surface area contributed by atoms with Crippen molar-refractivity contribution in [2.75, 3.05) is 5.32 Å². The number of hydrogen-bond acceptors (Lipinski definition) is 1. The first-order chi connectivity index (χ1) is 9.20. The molecule has 0 saturated carbocycles. The molecule has 0 heterocycles. The van der Waals surface area contributed by atoms with Gasteiger partial charge in [0.2, 0.25) is 0 Å². The molecule has 1 atom stereocenters. The molecule has 0 bridgehead atoms. The third-order valence-corrected chi connectivity index (χ3v) is 4.20. The van der Waals surface area contributed by atoms with E-state index in [0.717, 1.165) is 0 Å². The molecule has 2 rings (SSSR count). The topological polar surface area (TPSA) is 12.0 Å². The summed E-state index contributed by atoms with van der Waals surface area (Å²) < 4.78 is 1.26. The Kier molecular flexibility index (Phi) is 5.25. The lowest BCUT2D eigenvalue weighted by molar-refractivity contribution is 0.875. The molecule has 0 spiro atoms. The van der Waals surface area contributed by atoms with Crippen molar-refractivity contribution in [1.29, 1.82) is 0 Å². The molecule has 2 aromatic rings. The van der Waals surface area contributed by atoms with Crippen molar-refractivity contribution in [2.24, 2.45) is 0 Å². The van der Waals surface area contributed by atoms with E-state index < -0.39 is 0 Å². The highest BCUT2D eigenvalue weighted by Crippen LogP contribution is 2.23. The molecule has 0 radical (unpaired) electrons. The fourth-order valence-corrected chi connectivity index (χ4v) is 2.70. The number of benzene rings is 2. The van der Waals surface area contributed by atoms with E-state index in [1.165, 1.54) is 33.2 Å². The Balaban J connectivity index is 2.07. The number of anilines is 1. The lowest BCUT2D eigenvalue weighted by atomic mass is 10.0. The fraction of sp³-hybridized carbons (Fsp3) is 0.294. The molecule has 0 saturated heterocycles. The number of para-hydroxylation sites is 1. The van der Waals surface area contributed by atoms with Gasteiger partial charge in [-0.2, -0.15) is 0 Å². The summed E-state index contributed by atoms with van der Waals surface area (Å²) in [5.74, 6) is 0. The van der Waals surface area contributed by atoms with Gasteiger partial charge in [-0.3, -0.25) is 0 Å². The first-order valence-corrected chi connectivity index (χ1v) is 7.88. The maximum atomic E-state index is 3.57. The van der Waals surface area contributed by atoms with Gasteiger partial charge in [0, 0.05) is 15.3 Å². The Morgan fingerprint density at radius 2 is 1.74 bits per heavy atom. The number of hydrogen-bond donors (Lipinski definition) is 1.